The maximum Gasteiger partial charge on any atom is 0.130 e. The van der Waals surface area contributed by atoms with E-state index in [1.807, 2.05) is 24.3 Å². The van der Waals surface area contributed by atoms with Crippen LogP contribution in [-0.2, 0) is 6.42 Å². The number of amidine groups is 1. The summed E-state index contributed by atoms with van der Waals surface area (Å²) in [4.78, 5) is 7.97. The summed E-state index contributed by atoms with van der Waals surface area (Å²) in [6.45, 7) is 4.77. The summed E-state index contributed by atoms with van der Waals surface area (Å²) >= 11 is 0. The lowest BCUT2D eigenvalue weighted by Gasteiger charge is -2.36. The van der Waals surface area contributed by atoms with Crippen LogP contribution in [0.2, 0.25) is 0 Å². The van der Waals surface area contributed by atoms with E-state index in [1.165, 1.54) is 16.5 Å². The summed E-state index contributed by atoms with van der Waals surface area (Å²) in [5.74, 6) is 0.541. The second kappa shape index (κ2) is 7.22. The van der Waals surface area contributed by atoms with Crippen LogP contribution in [0, 0.1) is 5.41 Å². The first kappa shape index (κ1) is 16.7. The SMILES string of the molecule is N=C(c1ccccc1N)N1CCN(CCc2c[nH]c3ccccc23)CC1. The predicted molar refractivity (Wildman–Crippen MR) is 108 cm³/mol. The Morgan fingerprint density at radius 1 is 1.00 bits per heavy atom. The summed E-state index contributed by atoms with van der Waals surface area (Å²) in [5.41, 5.74) is 10.1. The molecule has 2 aromatic carbocycles. The number of benzene rings is 2. The number of aromatic nitrogens is 1. The zero-order chi connectivity index (χ0) is 17.9. The maximum atomic E-state index is 8.46. The molecule has 4 rings (SSSR count). The highest BCUT2D eigenvalue weighted by Crippen LogP contribution is 2.19. The van der Waals surface area contributed by atoms with Gasteiger partial charge in [-0.05, 0) is 30.2 Å². The smallest absolute Gasteiger partial charge is 0.130 e. The second-order valence-corrected chi connectivity index (χ2v) is 6.87. The van der Waals surface area contributed by atoms with Crippen LogP contribution in [0.15, 0.2) is 54.7 Å². The zero-order valence-corrected chi connectivity index (χ0v) is 14.9. The standard InChI is InChI=1S/C21H25N5/c22-19-7-3-1-6-18(19)21(23)26-13-11-25(12-14-26)10-9-16-15-24-20-8-4-2-5-17(16)20/h1-8,15,23-24H,9-14,22H2. The van der Waals surface area contributed by atoms with Gasteiger partial charge in [-0.2, -0.15) is 0 Å². The third-order valence-electron chi connectivity index (χ3n) is 5.28. The Kier molecular flexibility index (Phi) is 4.63. The summed E-state index contributed by atoms with van der Waals surface area (Å²) in [6.07, 6.45) is 3.18. The monoisotopic (exact) mass is 347 g/mol. The molecule has 0 aliphatic carbocycles. The van der Waals surface area contributed by atoms with Gasteiger partial charge in [0, 0.05) is 61.1 Å². The molecule has 5 nitrogen and oxygen atoms in total. The third kappa shape index (κ3) is 3.30. The normalized spacial score (nSPS) is 15.5. The van der Waals surface area contributed by atoms with Gasteiger partial charge < -0.3 is 15.6 Å². The van der Waals surface area contributed by atoms with Gasteiger partial charge in [0.05, 0.1) is 0 Å². The van der Waals surface area contributed by atoms with Crippen LogP contribution in [0.3, 0.4) is 0 Å². The molecule has 1 aliphatic heterocycles. The van der Waals surface area contributed by atoms with E-state index in [-0.39, 0.29) is 0 Å². The minimum atomic E-state index is 0.541. The first-order chi connectivity index (χ1) is 12.7. The Labute approximate surface area is 153 Å². The van der Waals surface area contributed by atoms with Crippen LogP contribution in [0.1, 0.15) is 11.1 Å². The van der Waals surface area contributed by atoms with E-state index >= 15 is 0 Å². The van der Waals surface area contributed by atoms with Crippen molar-refractivity contribution >= 4 is 22.4 Å². The average Bonchev–Trinajstić information content (AvgIpc) is 3.10. The molecule has 1 aliphatic rings. The van der Waals surface area contributed by atoms with Gasteiger partial charge in [0.1, 0.15) is 5.84 Å². The van der Waals surface area contributed by atoms with Gasteiger partial charge in [-0.15, -0.1) is 0 Å². The van der Waals surface area contributed by atoms with Gasteiger partial charge in [0.2, 0.25) is 0 Å². The molecule has 134 valence electrons. The van der Waals surface area contributed by atoms with Crippen LogP contribution in [0.4, 0.5) is 5.69 Å². The highest BCUT2D eigenvalue weighted by atomic mass is 15.3. The van der Waals surface area contributed by atoms with Crippen molar-refractivity contribution in [2.75, 3.05) is 38.5 Å². The van der Waals surface area contributed by atoms with E-state index in [0.717, 1.165) is 44.7 Å². The number of nitrogen functional groups attached to an aromatic ring is 1. The first-order valence-corrected chi connectivity index (χ1v) is 9.18. The van der Waals surface area contributed by atoms with Crippen LogP contribution in [0.25, 0.3) is 10.9 Å². The van der Waals surface area contributed by atoms with Gasteiger partial charge in [0.15, 0.2) is 0 Å². The van der Waals surface area contributed by atoms with Crippen molar-refractivity contribution in [3.63, 3.8) is 0 Å². The second-order valence-electron chi connectivity index (χ2n) is 6.87. The van der Waals surface area contributed by atoms with Crippen molar-refractivity contribution in [2.24, 2.45) is 0 Å². The molecule has 0 radical (unpaired) electrons. The van der Waals surface area contributed by atoms with Crippen molar-refractivity contribution < 1.29 is 0 Å². The number of nitrogens with zero attached hydrogens (tertiary/aromatic N) is 2. The van der Waals surface area contributed by atoms with Gasteiger partial charge in [0.25, 0.3) is 0 Å². The number of hydrogen-bond acceptors (Lipinski definition) is 3. The molecule has 0 spiro atoms. The zero-order valence-electron chi connectivity index (χ0n) is 14.9. The summed E-state index contributed by atoms with van der Waals surface area (Å²) < 4.78 is 0. The number of aromatic amines is 1. The Morgan fingerprint density at radius 2 is 1.73 bits per heavy atom. The molecule has 0 amide bonds. The van der Waals surface area contributed by atoms with Crippen molar-refractivity contribution in [3.8, 4) is 0 Å². The molecule has 2 heterocycles. The molecule has 0 unspecified atom stereocenters. The van der Waals surface area contributed by atoms with E-state index < -0.39 is 0 Å². The molecular formula is C21H25N5. The molecule has 26 heavy (non-hydrogen) atoms. The highest BCUT2D eigenvalue weighted by Gasteiger charge is 2.20. The minimum Gasteiger partial charge on any atom is -0.398 e. The van der Waals surface area contributed by atoms with Gasteiger partial charge in [-0.3, -0.25) is 10.3 Å². The molecule has 0 bridgehead atoms. The Balaban J connectivity index is 1.32. The number of para-hydroxylation sites is 2. The molecule has 0 atom stereocenters. The molecule has 1 saturated heterocycles. The number of nitrogens with two attached hydrogens (primary N) is 1. The predicted octanol–water partition coefficient (Wildman–Crippen LogP) is 2.94. The molecular weight excluding hydrogens is 322 g/mol. The molecule has 1 fully saturated rings. The van der Waals surface area contributed by atoms with E-state index in [4.69, 9.17) is 11.1 Å². The Morgan fingerprint density at radius 3 is 2.54 bits per heavy atom. The van der Waals surface area contributed by atoms with Gasteiger partial charge >= 0.3 is 0 Å². The highest BCUT2D eigenvalue weighted by molar-refractivity contribution is 6.01. The largest absolute Gasteiger partial charge is 0.398 e. The van der Waals surface area contributed by atoms with Crippen LogP contribution >= 0.6 is 0 Å². The van der Waals surface area contributed by atoms with Crippen LogP contribution < -0.4 is 5.73 Å². The summed E-state index contributed by atoms with van der Waals surface area (Å²) in [5, 5.41) is 9.79. The van der Waals surface area contributed by atoms with Crippen LogP contribution in [0.5, 0.6) is 0 Å². The molecule has 0 saturated carbocycles. The number of anilines is 1. The summed E-state index contributed by atoms with van der Waals surface area (Å²) in [6, 6.07) is 16.1. The fourth-order valence-electron chi connectivity index (χ4n) is 3.70. The maximum absolute atomic E-state index is 8.46. The van der Waals surface area contributed by atoms with E-state index in [1.54, 1.807) is 0 Å². The lowest BCUT2D eigenvalue weighted by Crippen LogP contribution is -2.49. The fraction of sp³-hybridized carbons (Fsp3) is 0.286. The van der Waals surface area contributed by atoms with Crippen molar-refractivity contribution in [2.45, 2.75) is 6.42 Å². The van der Waals surface area contributed by atoms with Crippen molar-refractivity contribution in [3.05, 3.63) is 65.9 Å². The number of piperazine rings is 1. The molecule has 4 N–H and O–H groups in total. The molecule has 5 heteroatoms. The van der Waals surface area contributed by atoms with E-state index in [2.05, 4.69) is 45.2 Å². The topological polar surface area (TPSA) is 72.1 Å². The molecule has 3 aromatic rings. The number of hydrogen-bond donors (Lipinski definition) is 3. The third-order valence-corrected chi connectivity index (χ3v) is 5.28. The van der Waals surface area contributed by atoms with Crippen LogP contribution in [-0.4, -0.2) is 53.3 Å². The summed E-state index contributed by atoms with van der Waals surface area (Å²) in [7, 11) is 0. The fourth-order valence-corrected chi connectivity index (χ4v) is 3.70. The Bertz CT molecular complexity index is 905. The van der Waals surface area contributed by atoms with Gasteiger partial charge in [-0.1, -0.05) is 30.3 Å². The van der Waals surface area contributed by atoms with Crippen molar-refractivity contribution in [1.82, 2.24) is 14.8 Å². The molecule has 1 aromatic heterocycles. The lowest BCUT2D eigenvalue weighted by atomic mass is 10.1. The van der Waals surface area contributed by atoms with E-state index in [9.17, 15) is 0 Å². The number of rotatable bonds is 4. The number of fused-ring (bicyclic) bond motifs is 1. The van der Waals surface area contributed by atoms with Gasteiger partial charge in [-0.25, -0.2) is 0 Å². The quantitative estimate of drug-likeness (QED) is 0.386. The number of nitrogens with one attached hydrogen (secondary N) is 2. The Hall–Kier alpha value is -2.79. The lowest BCUT2D eigenvalue weighted by molar-refractivity contribution is 0.184. The number of H-pyrrole nitrogens is 1. The minimum absolute atomic E-state index is 0.541. The van der Waals surface area contributed by atoms with E-state index in [0.29, 0.717) is 11.5 Å². The first-order valence-electron chi connectivity index (χ1n) is 9.18. The van der Waals surface area contributed by atoms with Crippen molar-refractivity contribution in [1.29, 1.82) is 5.41 Å². The average molecular weight is 347 g/mol.